The molecule has 3 aromatic heterocycles. The predicted molar refractivity (Wildman–Crippen MR) is 95.9 cm³/mol. The Morgan fingerprint density at radius 3 is 3.24 bits per heavy atom. The van der Waals surface area contributed by atoms with Gasteiger partial charge in [0.25, 0.3) is 5.91 Å². The number of ether oxygens (including phenoxy) is 1. The van der Waals surface area contributed by atoms with Gasteiger partial charge >= 0.3 is 0 Å². The molecule has 1 amide bonds. The Kier molecular flexibility index (Phi) is 4.62. The molecule has 1 atom stereocenters. The summed E-state index contributed by atoms with van der Waals surface area (Å²) in [6, 6.07) is 3.89. The number of thiazole rings is 1. The summed E-state index contributed by atoms with van der Waals surface area (Å²) in [5.74, 6) is -0.117. The Bertz CT molecular complexity index is 869. The van der Waals surface area contributed by atoms with Crippen LogP contribution in [0.2, 0.25) is 0 Å². The van der Waals surface area contributed by atoms with E-state index in [-0.39, 0.29) is 12.0 Å². The van der Waals surface area contributed by atoms with E-state index >= 15 is 0 Å². The van der Waals surface area contributed by atoms with Crippen molar-refractivity contribution in [2.24, 2.45) is 0 Å². The number of imidazole rings is 1. The van der Waals surface area contributed by atoms with Gasteiger partial charge in [-0.25, -0.2) is 9.97 Å². The molecule has 1 aliphatic heterocycles. The molecule has 1 fully saturated rings. The first kappa shape index (κ1) is 16.0. The molecular weight excluding hydrogens is 338 g/mol. The highest BCUT2D eigenvalue weighted by Crippen LogP contribution is 2.19. The maximum atomic E-state index is 12.3. The van der Waals surface area contributed by atoms with E-state index in [0.29, 0.717) is 11.4 Å². The number of carbonyl (C=O) groups is 1. The maximum Gasteiger partial charge on any atom is 0.263 e. The fourth-order valence-corrected chi connectivity index (χ4v) is 3.55. The molecule has 3 aromatic rings. The number of nitrogens with one attached hydrogen (secondary N) is 2. The van der Waals surface area contributed by atoms with Crippen LogP contribution in [0.25, 0.3) is 5.65 Å². The Balaban J connectivity index is 1.31. The smallest absolute Gasteiger partial charge is 0.263 e. The third-order valence-corrected chi connectivity index (χ3v) is 5.09. The normalized spacial score (nSPS) is 17.0. The van der Waals surface area contributed by atoms with E-state index in [0.717, 1.165) is 42.3 Å². The number of anilines is 1. The van der Waals surface area contributed by atoms with Crippen LogP contribution in [0, 0.1) is 0 Å². The summed E-state index contributed by atoms with van der Waals surface area (Å²) in [7, 11) is 0. The summed E-state index contributed by atoms with van der Waals surface area (Å²) in [5, 5.41) is 6.92. The van der Waals surface area contributed by atoms with Crippen molar-refractivity contribution in [3.8, 4) is 0 Å². The topological polar surface area (TPSA) is 80.6 Å². The molecule has 0 bridgehead atoms. The minimum absolute atomic E-state index is 0.117. The van der Waals surface area contributed by atoms with Gasteiger partial charge in [-0.2, -0.15) is 0 Å². The number of fused-ring (bicyclic) bond motifs is 1. The second-order valence-electron chi connectivity index (χ2n) is 5.96. The minimum Gasteiger partial charge on any atom is -0.376 e. The van der Waals surface area contributed by atoms with Crippen molar-refractivity contribution >= 4 is 28.0 Å². The summed E-state index contributed by atoms with van der Waals surface area (Å²) in [4.78, 5) is 21.4. The van der Waals surface area contributed by atoms with Crippen LogP contribution in [0.4, 0.5) is 5.13 Å². The average molecular weight is 357 g/mol. The SMILES string of the molecule is O=C(NCc1ccc2nccn2c1)c1cnc(NCC2CCCO2)s1. The highest BCUT2D eigenvalue weighted by molar-refractivity contribution is 7.17. The van der Waals surface area contributed by atoms with E-state index in [1.165, 1.54) is 11.3 Å². The quantitative estimate of drug-likeness (QED) is 0.708. The van der Waals surface area contributed by atoms with Crippen LogP contribution in [-0.2, 0) is 11.3 Å². The van der Waals surface area contributed by atoms with E-state index in [2.05, 4.69) is 20.6 Å². The van der Waals surface area contributed by atoms with Crippen molar-refractivity contribution in [3.63, 3.8) is 0 Å². The van der Waals surface area contributed by atoms with Crippen LogP contribution < -0.4 is 10.6 Å². The first-order valence-electron chi connectivity index (χ1n) is 8.29. The van der Waals surface area contributed by atoms with Crippen LogP contribution in [0.5, 0.6) is 0 Å². The molecule has 2 N–H and O–H groups in total. The lowest BCUT2D eigenvalue weighted by molar-refractivity contribution is 0.0954. The Morgan fingerprint density at radius 1 is 1.40 bits per heavy atom. The molecule has 25 heavy (non-hydrogen) atoms. The highest BCUT2D eigenvalue weighted by Gasteiger charge is 2.16. The van der Waals surface area contributed by atoms with Gasteiger partial charge < -0.3 is 19.8 Å². The predicted octanol–water partition coefficient (Wildman–Crippen LogP) is 2.31. The molecule has 0 spiro atoms. The lowest BCUT2D eigenvalue weighted by Gasteiger charge is -2.09. The zero-order valence-electron chi connectivity index (χ0n) is 13.6. The number of rotatable bonds is 6. The van der Waals surface area contributed by atoms with Crippen LogP contribution in [0.1, 0.15) is 28.1 Å². The zero-order chi connectivity index (χ0) is 17.1. The first-order chi connectivity index (χ1) is 12.3. The van der Waals surface area contributed by atoms with Crippen LogP contribution in [0.3, 0.4) is 0 Å². The van der Waals surface area contributed by atoms with Gasteiger partial charge in [0.05, 0.1) is 12.3 Å². The van der Waals surface area contributed by atoms with E-state index < -0.39 is 0 Å². The number of hydrogen-bond acceptors (Lipinski definition) is 6. The summed E-state index contributed by atoms with van der Waals surface area (Å²) >= 11 is 1.36. The van der Waals surface area contributed by atoms with Crippen LogP contribution in [0.15, 0.2) is 36.9 Å². The van der Waals surface area contributed by atoms with Gasteiger partial charge in [0, 0.05) is 38.3 Å². The second-order valence-corrected chi connectivity index (χ2v) is 6.99. The second kappa shape index (κ2) is 7.20. The molecule has 0 saturated carbocycles. The molecule has 4 rings (SSSR count). The third-order valence-electron chi connectivity index (χ3n) is 4.14. The van der Waals surface area contributed by atoms with E-state index in [1.807, 2.05) is 28.9 Å². The molecule has 8 heteroatoms. The number of aromatic nitrogens is 3. The first-order valence-corrected chi connectivity index (χ1v) is 9.11. The summed E-state index contributed by atoms with van der Waals surface area (Å²) in [6.07, 6.45) is 9.64. The largest absolute Gasteiger partial charge is 0.376 e. The molecule has 1 aliphatic rings. The van der Waals surface area contributed by atoms with Crippen molar-refractivity contribution in [3.05, 3.63) is 47.4 Å². The third kappa shape index (κ3) is 3.80. The maximum absolute atomic E-state index is 12.3. The molecule has 1 unspecified atom stereocenters. The summed E-state index contributed by atoms with van der Waals surface area (Å²) in [6.45, 7) is 2.03. The van der Waals surface area contributed by atoms with E-state index in [9.17, 15) is 4.79 Å². The zero-order valence-corrected chi connectivity index (χ0v) is 14.5. The summed E-state index contributed by atoms with van der Waals surface area (Å²) in [5.41, 5.74) is 1.90. The molecule has 7 nitrogen and oxygen atoms in total. The van der Waals surface area contributed by atoms with Crippen molar-refractivity contribution in [1.82, 2.24) is 19.7 Å². The molecule has 0 aromatic carbocycles. The highest BCUT2D eigenvalue weighted by atomic mass is 32.1. The van der Waals surface area contributed by atoms with Crippen LogP contribution in [-0.4, -0.2) is 39.5 Å². The molecule has 4 heterocycles. The molecule has 130 valence electrons. The van der Waals surface area contributed by atoms with Crippen molar-refractivity contribution in [1.29, 1.82) is 0 Å². The van der Waals surface area contributed by atoms with Crippen molar-refractivity contribution in [2.45, 2.75) is 25.5 Å². The lowest BCUT2D eigenvalue weighted by Crippen LogP contribution is -2.22. The number of nitrogens with zero attached hydrogens (tertiary/aromatic N) is 3. The Morgan fingerprint density at radius 2 is 2.36 bits per heavy atom. The number of hydrogen-bond donors (Lipinski definition) is 2. The standard InChI is InChI=1S/C17H19N5O2S/c23-16(19-8-12-3-4-15-18-5-6-22(15)11-12)14-10-21-17(25-14)20-9-13-2-1-7-24-13/h3-6,10-11,13H,1-2,7-9H2,(H,19,23)(H,20,21). The van der Waals surface area contributed by atoms with Crippen molar-refractivity contribution in [2.75, 3.05) is 18.5 Å². The van der Waals surface area contributed by atoms with Gasteiger partial charge in [-0.3, -0.25) is 4.79 Å². The molecule has 0 radical (unpaired) electrons. The van der Waals surface area contributed by atoms with Gasteiger partial charge in [-0.1, -0.05) is 17.4 Å². The minimum atomic E-state index is -0.117. The molecular formula is C17H19N5O2S. The van der Waals surface area contributed by atoms with E-state index in [1.54, 1.807) is 12.4 Å². The fourth-order valence-electron chi connectivity index (χ4n) is 2.81. The van der Waals surface area contributed by atoms with Gasteiger partial charge in [0.1, 0.15) is 10.5 Å². The van der Waals surface area contributed by atoms with Gasteiger partial charge in [0.15, 0.2) is 5.13 Å². The van der Waals surface area contributed by atoms with Crippen molar-refractivity contribution < 1.29 is 9.53 Å². The monoisotopic (exact) mass is 357 g/mol. The molecule has 0 aliphatic carbocycles. The Hall–Kier alpha value is -2.45. The lowest BCUT2D eigenvalue weighted by atomic mass is 10.2. The van der Waals surface area contributed by atoms with Gasteiger partial charge in [0.2, 0.25) is 0 Å². The fraction of sp³-hybridized carbons (Fsp3) is 0.353. The van der Waals surface area contributed by atoms with Crippen LogP contribution >= 0.6 is 11.3 Å². The molecule has 1 saturated heterocycles. The summed E-state index contributed by atoms with van der Waals surface area (Å²) < 4.78 is 7.50. The Labute approximate surface area is 149 Å². The van der Waals surface area contributed by atoms with Gasteiger partial charge in [-0.15, -0.1) is 0 Å². The number of amides is 1. The number of carbonyl (C=O) groups excluding carboxylic acids is 1. The average Bonchev–Trinajstić information content (AvgIpc) is 3.38. The van der Waals surface area contributed by atoms with Gasteiger partial charge in [-0.05, 0) is 24.5 Å². The van der Waals surface area contributed by atoms with E-state index in [4.69, 9.17) is 4.74 Å². The number of pyridine rings is 1.